The average Bonchev–Trinajstić information content (AvgIpc) is 0.807. The molecule has 0 amide bonds. The van der Waals surface area contributed by atoms with Gasteiger partial charge in [-0.2, -0.15) is 10.2 Å². The molecule has 8 aromatic carbocycles. The fourth-order valence-corrected chi connectivity index (χ4v) is 16.8. The second kappa shape index (κ2) is 35.0. The first kappa shape index (κ1) is 91.0. The third-order valence-corrected chi connectivity index (χ3v) is 24.6. The van der Waals surface area contributed by atoms with Crippen LogP contribution in [0.25, 0.3) is 0 Å². The third kappa shape index (κ3) is 21.1. The molecule has 0 fully saturated rings. The zero-order valence-corrected chi connectivity index (χ0v) is 79.0. The van der Waals surface area contributed by atoms with Gasteiger partial charge in [-0.05, 0) is 189 Å². The van der Waals surface area contributed by atoms with Gasteiger partial charge in [-0.1, -0.05) is 263 Å². The summed E-state index contributed by atoms with van der Waals surface area (Å²) in [4.78, 5) is 19.9. The lowest BCUT2D eigenvalue weighted by Gasteiger charge is -2.28. The summed E-state index contributed by atoms with van der Waals surface area (Å²) in [5.41, 5.74) is 23.0. The number of phenolic OH excluding ortho intramolecular Hbond substituents is 4. The number of hydrogen-bond donors (Lipinski definition) is 4. The third-order valence-electron chi connectivity index (χ3n) is 24.6. The molecule has 0 saturated carbocycles. The topological polar surface area (TPSA) is 203 Å². The first-order chi connectivity index (χ1) is 57.9. The highest BCUT2D eigenvalue weighted by Gasteiger charge is 2.33. The summed E-state index contributed by atoms with van der Waals surface area (Å²) in [7, 11) is 3.81. The molecule has 4 N–H and O–H groups in total. The first-order valence-electron chi connectivity index (χ1n) is 44.6. The van der Waals surface area contributed by atoms with Crippen molar-refractivity contribution in [3.05, 3.63) is 265 Å². The quantitative estimate of drug-likeness (QED) is 0.113. The average molecular weight is 1670 g/mol. The van der Waals surface area contributed by atoms with Crippen LogP contribution in [-0.2, 0) is 109 Å². The minimum absolute atomic E-state index is 0.226. The number of phenols is 4. The Morgan fingerprint density at radius 2 is 0.379 bits per heavy atom. The largest absolute Gasteiger partial charge is 0.507 e. The van der Waals surface area contributed by atoms with Gasteiger partial charge in [-0.15, -0.1) is 0 Å². The fraction of sp³-hybridized carbons (Fsp3) is 0.463. The van der Waals surface area contributed by atoms with Gasteiger partial charge in [0.25, 0.3) is 0 Å². The first-order valence-corrected chi connectivity index (χ1v) is 44.6. The van der Waals surface area contributed by atoms with E-state index in [0.717, 1.165) is 145 Å². The van der Waals surface area contributed by atoms with E-state index in [4.69, 9.17) is 49.1 Å². The predicted octanol–water partition coefficient (Wildman–Crippen LogP) is 22.0. The van der Waals surface area contributed by atoms with Crippen LogP contribution in [-0.4, -0.2) is 117 Å². The number of hydrogen-bond acceptors (Lipinski definition) is 14. The number of ether oxygens (including phenoxy) is 4. The lowest BCUT2D eigenvalue weighted by Crippen LogP contribution is -2.17. The van der Waals surface area contributed by atoms with Crippen molar-refractivity contribution >= 4 is 24.9 Å². The fourth-order valence-electron chi connectivity index (χ4n) is 16.8. The van der Waals surface area contributed by atoms with Gasteiger partial charge in [0.1, 0.15) is 83.8 Å². The Hall–Kier alpha value is -10.7. The summed E-state index contributed by atoms with van der Waals surface area (Å²) in [5.74, 6) is 3.71. The molecule has 0 unspecified atom stereocenters. The monoisotopic (exact) mass is 1670 g/mol. The van der Waals surface area contributed by atoms with Crippen LogP contribution in [0.4, 0.5) is 0 Å². The predicted molar refractivity (Wildman–Crippen MR) is 508 cm³/mol. The van der Waals surface area contributed by atoms with E-state index in [1.165, 1.54) is 0 Å². The number of aliphatic imine (C=N–C) groups is 4. The molecule has 0 atom stereocenters. The second-order valence-corrected chi connectivity index (χ2v) is 43.3. The summed E-state index contributed by atoms with van der Waals surface area (Å²) >= 11 is 0. The van der Waals surface area contributed by atoms with E-state index in [-0.39, 0.29) is 92.7 Å². The number of aromatic hydroxyl groups is 4. The molecule has 13 rings (SSSR count). The van der Waals surface area contributed by atoms with E-state index in [2.05, 4.69) is 263 Å². The van der Waals surface area contributed by atoms with Gasteiger partial charge in [0, 0.05) is 90.3 Å². The van der Waals surface area contributed by atoms with Crippen LogP contribution in [0.1, 0.15) is 322 Å². The van der Waals surface area contributed by atoms with Gasteiger partial charge in [0.15, 0.2) is 0 Å². The number of aromatic nitrogens is 4. The van der Waals surface area contributed by atoms with Crippen molar-refractivity contribution in [1.82, 2.24) is 19.6 Å². The summed E-state index contributed by atoms with van der Waals surface area (Å²) < 4.78 is 32.3. The normalized spacial score (nSPS) is 15.2. The van der Waals surface area contributed by atoms with Crippen LogP contribution >= 0.6 is 0 Å². The summed E-state index contributed by atoms with van der Waals surface area (Å²) in [6.07, 6.45) is 10.1. The molecule has 656 valence electrons. The van der Waals surface area contributed by atoms with Crippen LogP contribution < -0.4 is 18.9 Å². The molecular weight excluding hydrogens is 1540 g/mol. The maximum atomic E-state index is 13.1. The number of fused-ring (bicyclic) bond motifs is 8. The minimum atomic E-state index is -0.293. The minimum Gasteiger partial charge on any atom is -0.507 e. The van der Waals surface area contributed by atoms with Crippen molar-refractivity contribution in [2.75, 3.05) is 52.6 Å². The van der Waals surface area contributed by atoms with Crippen LogP contribution in [0.3, 0.4) is 0 Å². The van der Waals surface area contributed by atoms with Crippen molar-refractivity contribution < 1.29 is 39.4 Å². The molecule has 16 nitrogen and oxygen atoms in total. The van der Waals surface area contributed by atoms with Gasteiger partial charge in [-0.3, -0.25) is 29.3 Å². The second-order valence-electron chi connectivity index (χ2n) is 43.3. The maximum Gasteiger partial charge on any atom is 0.126 e. The van der Waals surface area contributed by atoms with Crippen LogP contribution in [0.15, 0.2) is 129 Å². The van der Waals surface area contributed by atoms with E-state index < -0.39 is 0 Å². The zero-order chi connectivity index (χ0) is 89.9. The highest BCUT2D eigenvalue weighted by atomic mass is 16.5. The van der Waals surface area contributed by atoms with Gasteiger partial charge < -0.3 is 39.4 Å². The number of rotatable bonds is 0. The lowest BCUT2D eigenvalue weighted by molar-refractivity contribution is 0.322. The van der Waals surface area contributed by atoms with Crippen LogP contribution in [0.5, 0.6) is 46.0 Å². The number of nitrogens with zero attached hydrogens (tertiary/aromatic N) is 8. The molecule has 2 aliphatic carbocycles. The van der Waals surface area contributed by atoms with Crippen molar-refractivity contribution in [1.29, 1.82) is 0 Å². The molecule has 3 aliphatic rings. The van der Waals surface area contributed by atoms with Gasteiger partial charge >= 0.3 is 0 Å². The highest BCUT2D eigenvalue weighted by Crippen LogP contribution is 2.48. The van der Waals surface area contributed by atoms with Crippen LogP contribution in [0.2, 0.25) is 0 Å². The highest BCUT2D eigenvalue weighted by molar-refractivity contribution is 5.84. The molecule has 0 saturated heterocycles. The molecule has 124 heavy (non-hydrogen) atoms. The zero-order valence-electron chi connectivity index (χ0n) is 79.0. The molecule has 2 aromatic heterocycles. The van der Waals surface area contributed by atoms with Crippen molar-refractivity contribution in [2.24, 2.45) is 34.1 Å². The summed E-state index contributed by atoms with van der Waals surface area (Å²) in [6, 6.07) is 39.3. The standard InChI is InChI=1S/C108H136N8O8/c1-101(2,3)81-43-65-35-73-51-85(105(13,14)15)53-75-37-67-45-82(102(4,5)6)46-68(94(67)118)38-76-54-86(106(16,17)18)52-74(36-66(44-81)93(65)117)98(76)122-32-28-110-62-90-60-92(116(26)114-90)64-112-30-34-124-100-78-40-70-48-83(103(7,8)9)47-69(95(70)119)39-77-55-87(107(19,20)21)57-79(99(77)123-33-29-111-63-91-59-89(113-115(91)25)61-109-27-31-121-97(73)75)41-71-49-84(104(10,11)12)50-72(96(71)120)42-80(100)58-88(56-78)108(22,23)24/h43-64,117-120H,27-42H2,1-26H3. The van der Waals surface area contributed by atoms with E-state index in [1.807, 2.05) is 38.7 Å². The van der Waals surface area contributed by atoms with Crippen molar-refractivity contribution in [2.45, 2.75) is 261 Å². The van der Waals surface area contributed by atoms with Gasteiger partial charge in [0.05, 0.1) is 37.6 Å². The SMILES string of the molecule is Cn1nc2cc1C=NCCOc1c3cc(C(C)(C)C)cc1Cc1cc(C(C)(C)C)cc(c1O)Cc1cc(C(C)(C)C)cc(c1OCCN=Cc1cc(nn1C)C=NCCOc1c4cc(C(C)(C)C)cc1Cc1cc(C(C)(C)C)cc(c1O)Cc1cc(C(C)(C)C)cc(c1OCCN=C2)Cc1cc(C(C)(C)C)cc(c1O)C4)Cc1cc(C(C)(C)C)cc(c1O)C3. The Morgan fingerprint density at radius 3 is 0.540 bits per heavy atom. The van der Waals surface area contributed by atoms with E-state index >= 15 is 0 Å². The lowest BCUT2D eigenvalue weighted by atomic mass is 9.79. The molecule has 3 heterocycles. The van der Waals surface area contributed by atoms with Gasteiger partial charge in [-0.25, -0.2) is 0 Å². The maximum absolute atomic E-state index is 13.1. The number of benzene rings is 8. The van der Waals surface area contributed by atoms with E-state index in [1.54, 1.807) is 21.8 Å². The Morgan fingerprint density at radius 1 is 0.226 bits per heavy atom. The molecule has 16 heteroatoms. The summed E-state index contributed by atoms with van der Waals surface area (Å²) in [5, 5.41) is 62.2. The molecular formula is C108H136N8O8. The molecule has 10 aromatic rings. The van der Waals surface area contributed by atoms with E-state index in [0.29, 0.717) is 112 Å². The molecule has 0 spiro atoms. The van der Waals surface area contributed by atoms with Crippen molar-refractivity contribution in [3.8, 4) is 46.0 Å². The number of aryl methyl sites for hydroxylation is 2. The Balaban J connectivity index is 0.945. The summed E-state index contributed by atoms with van der Waals surface area (Å²) in [6.45, 7) is 55.6. The smallest absolute Gasteiger partial charge is 0.126 e. The molecule has 1 aliphatic heterocycles. The van der Waals surface area contributed by atoms with E-state index in [9.17, 15) is 20.4 Å². The molecule has 0 radical (unpaired) electrons. The van der Waals surface area contributed by atoms with Crippen LogP contribution in [0, 0.1) is 0 Å². The Kier molecular flexibility index (Phi) is 25.7. The Labute approximate surface area is 738 Å². The Bertz CT molecular complexity index is 5260. The molecule has 24 bridgehead atoms. The van der Waals surface area contributed by atoms with Gasteiger partial charge in [0.2, 0.25) is 0 Å². The van der Waals surface area contributed by atoms with Crippen molar-refractivity contribution in [3.63, 3.8) is 0 Å².